The summed E-state index contributed by atoms with van der Waals surface area (Å²) in [6.45, 7) is 0. The van der Waals surface area contributed by atoms with Gasteiger partial charge in [-0.3, -0.25) is 0 Å². The van der Waals surface area contributed by atoms with Crippen LogP contribution in [0.1, 0.15) is 0 Å². The lowest BCUT2D eigenvalue weighted by molar-refractivity contribution is -0.652. The molecule has 0 saturated heterocycles. The molecule has 27 heavy (non-hydrogen) atoms. The maximum atomic E-state index is 5.89. The fraction of sp³-hybridized carbons (Fsp3) is 0. The third-order valence-corrected chi connectivity index (χ3v) is 5.51. The van der Waals surface area contributed by atoms with E-state index < -0.39 is 0 Å². The number of H-pyrrole nitrogens is 1. The first-order valence-electron chi connectivity index (χ1n) is 8.57. The quantitative estimate of drug-likeness (QED) is 0.443. The minimum Gasteiger partial charge on any atom is -0.436 e. The Morgan fingerprint density at radius 2 is 1.93 bits per heavy atom. The number of para-hydroxylation sites is 2. The smallest absolute Gasteiger partial charge is 0.237 e. The molecule has 128 valence electrons. The second-order valence-corrected chi connectivity index (χ2v) is 7.29. The lowest BCUT2D eigenvalue weighted by Gasteiger charge is -1.93. The summed E-state index contributed by atoms with van der Waals surface area (Å²) in [6.07, 6.45) is 2.08. The van der Waals surface area contributed by atoms with Crippen molar-refractivity contribution in [2.75, 3.05) is 0 Å². The number of aromatic nitrogens is 4. The van der Waals surface area contributed by atoms with Crippen molar-refractivity contribution in [1.82, 2.24) is 15.1 Å². The first kappa shape index (κ1) is 14.6. The molecule has 0 aliphatic heterocycles. The van der Waals surface area contributed by atoms with Gasteiger partial charge >= 0.3 is 0 Å². The van der Waals surface area contributed by atoms with Crippen LogP contribution in [-0.2, 0) is 0 Å². The van der Waals surface area contributed by atoms with Crippen LogP contribution in [0.5, 0.6) is 0 Å². The van der Waals surface area contributed by atoms with E-state index in [4.69, 9.17) is 4.42 Å². The average molecular weight is 369 g/mol. The van der Waals surface area contributed by atoms with Crippen LogP contribution in [0.4, 0.5) is 0 Å². The average Bonchev–Trinajstić information content (AvgIpc) is 3.42. The van der Waals surface area contributed by atoms with Crippen LogP contribution >= 0.6 is 11.3 Å². The Labute approximate surface area is 157 Å². The summed E-state index contributed by atoms with van der Waals surface area (Å²) >= 11 is 1.65. The fourth-order valence-corrected chi connectivity index (χ4v) is 3.99. The SMILES string of the molecule is c1ccc2oc(-c3ccc4c[n+](-c5ccc6scnc6c5)[nH]c4c3)nc2c1. The van der Waals surface area contributed by atoms with Crippen LogP contribution < -0.4 is 4.68 Å². The van der Waals surface area contributed by atoms with Gasteiger partial charge in [-0.2, -0.15) is 5.10 Å². The highest BCUT2D eigenvalue weighted by Gasteiger charge is 2.15. The largest absolute Gasteiger partial charge is 0.436 e. The van der Waals surface area contributed by atoms with Crippen molar-refractivity contribution in [2.24, 2.45) is 0 Å². The molecule has 0 aliphatic carbocycles. The normalized spacial score (nSPS) is 11.7. The predicted octanol–water partition coefficient (Wildman–Crippen LogP) is 4.86. The summed E-state index contributed by atoms with van der Waals surface area (Å²) in [7, 11) is 0. The minimum atomic E-state index is 0.628. The van der Waals surface area contributed by atoms with Gasteiger partial charge in [0.2, 0.25) is 17.8 Å². The predicted molar refractivity (Wildman–Crippen MR) is 106 cm³/mol. The maximum Gasteiger partial charge on any atom is 0.237 e. The summed E-state index contributed by atoms with van der Waals surface area (Å²) in [6, 6.07) is 20.3. The van der Waals surface area contributed by atoms with Gasteiger partial charge in [0.25, 0.3) is 0 Å². The number of rotatable bonds is 2. The number of nitrogens with one attached hydrogen (secondary N) is 1. The Morgan fingerprint density at radius 1 is 0.963 bits per heavy atom. The molecular formula is C21H13N4OS+. The van der Waals surface area contributed by atoms with E-state index in [1.54, 1.807) is 11.3 Å². The molecule has 5 nitrogen and oxygen atoms in total. The van der Waals surface area contributed by atoms with Gasteiger partial charge in [0, 0.05) is 17.7 Å². The molecule has 1 N–H and O–H groups in total. The van der Waals surface area contributed by atoms with E-state index in [-0.39, 0.29) is 0 Å². The highest BCUT2D eigenvalue weighted by atomic mass is 32.1. The van der Waals surface area contributed by atoms with Crippen molar-refractivity contribution in [3.05, 3.63) is 72.4 Å². The Kier molecular flexibility index (Phi) is 2.98. The van der Waals surface area contributed by atoms with Crippen LogP contribution in [0.3, 0.4) is 0 Å². The van der Waals surface area contributed by atoms with Gasteiger partial charge in [0.15, 0.2) is 5.58 Å². The highest BCUT2D eigenvalue weighted by Crippen LogP contribution is 2.26. The van der Waals surface area contributed by atoms with Crippen LogP contribution in [0.2, 0.25) is 0 Å². The summed E-state index contributed by atoms with van der Waals surface area (Å²) in [5, 5.41) is 4.55. The van der Waals surface area contributed by atoms with Gasteiger partial charge in [-0.15, -0.1) is 11.3 Å². The Morgan fingerprint density at radius 3 is 2.89 bits per heavy atom. The highest BCUT2D eigenvalue weighted by molar-refractivity contribution is 7.16. The number of hydrogen-bond acceptors (Lipinski definition) is 4. The van der Waals surface area contributed by atoms with Crippen LogP contribution in [-0.4, -0.2) is 15.1 Å². The Hall–Kier alpha value is -3.51. The van der Waals surface area contributed by atoms with Gasteiger partial charge in [0.1, 0.15) is 11.0 Å². The molecule has 0 amide bonds. The third kappa shape index (κ3) is 2.34. The number of nitrogens with zero attached hydrogens (tertiary/aromatic N) is 3. The molecule has 3 aromatic carbocycles. The lowest BCUT2D eigenvalue weighted by atomic mass is 10.2. The molecule has 3 aromatic heterocycles. The molecular weight excluding hydrogens is 356 g/mol. The number of hydrogen-bond donors (Lipinski definition) is 1. The van der Waals surface area contributed by atoms with Gasteiger partial charge in [-0.05, 0) is 36.4 Å². The van der Waals surface area contributed by atoms with E-state index in [1.807, 2.05) is 40.5 Å². The topological polar surface area (TPSA) is 58.6 Å². The van der Waals surface area contributed by atoms with Crippen molar-refractivity contribution in [3.63, 3.8) is 0 Å². The second-order valence-electron chi connectivity index (χ2n) is 6.40. The summed E-state index contributed by atoms with van der Waals surface area (Å²) in [5.74, 6) is 0.628. The van der Waals surface area contributed by atoms with E-state index in [0.29, 0.717) is 5.89 Å². The zero-order valence-corrected chi connectivity index (χ0v) is 14.9. The van der Waals surface area contributed by atoms with Gasteiger partial charge in [-0.25, -0.2) is 9.97 Å². The lowest BCUT2D eigenvalue weighted by Crippen LogP contribution is -2.31. The van der Waals surface area contributed by atoms with Gasteiger partial charge in [0.05, 0.1) is 21.1 Å². The van der Waals surface area contributed by atoms with Crippen LogP contribution in [0, 0.1) is 0 Å². The van der Waals surface area contributed by atoms with Gasteiger partial charge in [-0.1, -0.05) is 16.8 Å². The number of fused-ring (bicyclic) bond motifs is 3. The van der Waals surface area contributed by atoms with Crippen molar-refractivity contribution in [1.29, 1.82) is 0 Å². The number of thiazole rings is 1. The molecule has 0 fully saturated rings. The van der Waals surface area contributed by atoms with Crippen molar-refractivity contribution in [3.8, 4) is 17.1 Å². The molecule has 0 spiro atoms. The van der Waals surface area contributed by atoms with E-state index >= 15 is 0 Å². The molecule has 3 heterocycles. The molecule has 6 aromatic rings. The van der Waals surface area contributed by atoms with Crippen molar-refractivity contribution >= 4 is 43.6 Å². The molecule has 0 atom stereocenters. The Balaban J connectivity index is 1.46. The van der Waals surface area contributed by atoms with E-state index in [0.717, 1.165) is 38.8 Å². The van der Waals surface area contributed by atoms with E-state index in [9.17, 15) is 0 Å². The molecule has 0 bridgehead atoms. The molecule has 6 rings (SSSR count). The standard InChI is InChI=1S/C21H12N4OS/c1-2-4-19-16(3-1)23-21(26-19)13-5-6-14-11-25(24-17(14)9-13)15-7-8-20-18(10-15)22-12-27-20/h1-12H/p+1. The Bertz CT molecular complexity index is 1410. The summed E-state index contributed by atoms with van der Waals surface area (Å²) in [5.41, 5.74) is 7.56. The first-order valence-corrected chi connectivity index (χ1v) is 9.45. The second kappa shape index (κ2) is 5.49. The number of oxazole rings is 1. The summed E-state index contributed by atoms with van der Waals surface area (Å²) < 4.78 is 9.10. The van der Waals surface area contributed by atoms with Crippen molar-refractivity contribution in [2.45, 2.75) is 0 Å². The zero-order valence-electron chi connectivity index (χ0n) is 14.1. The number of aromatic amines is 1. The third-order valence-electron chi connectivity index (χ3n) is 4.70. The van der Waals surface area contributed by atoms with Crippen LogP contribution in [0.25, 0.3) is 49.4 Å². The maximum absolute atomic E-state index is 5.89. The van der Waals surface area contributed by atoms with Crippen LogP contribution in [0.15, 0.2) is 76.8 Å². The molecule has 0 radical (unpaired) electrons. The molecule has 6 heteroatoms. The monoisotopic (exact) mass is 369 g/mol. The number of benzene rings is 3. The summed E-state index contributed by atoms with van der Waals surface area (Å²) in [4.78, 5) is 8.99. The van der Waals surface area contributed by atoms with E-state index in [2.05, 4.69) is 51.6 Å². The first-order chi connectivity index (χ1) is 13.3. The minimum absolute atomic E-state index is 0.628. The molecule has 0 saturated carbocycles. The van der Waals surface area contributed by atoms with Gasteiger partial charge < -0.3 is 4.42 Å². The molecule has 0 aliphatic rings. The molecule has 0 unspecified atom stereocenters. The van der Waals surface area contributed by atoms with Crippen molar-refractivity contribution < 1.29 is 9.10 Å². The zero-order chi connectivity index (χ0) is 17.8. The van der Waals surface area contributed by atoms with E-state index in [1.165, 1.54) is 4.70 Å². The fourth-order valence-electron chi connectivity index (χ4n) is 3.33.